The predicted octanol–water partition coefficient (Wildman–Crippen LogP) is 2.38. The zero-order valence-electron chi connectivity index (χ0n) is 18.7. The molecular weight excluding hydrogens is 428 g/mol. The van der Waals surface area contributed by atoms with Gasteiger partial charge in [-0.2, -0.15) is 0 Å². The molecule has 2 N–H and O–H groups in total. The zero-order chi connectivity index (χ0) is 23.4. The predicted molar refractivity (Wildman–Crippen MR) is 124 cm³/mol. The molecule has 5 atom stereocenters. The monoisotopic (exact) mass is 458 g/mol. The number of aliphatic hydroxyl groups is 1. The molecular formula is C24H30N2O5S. The van der Waals surface area contributed by atoms with Gasteiger partial charge in [0, 0.05) is 23.5 Å². The lowest BCUT2D eigenvalue weighted by atomic mass is 9.66. The highest BCUT2D eigenvalue weighted by molar-refractivity contribution is 8.02. The standard InChI is InChI=1S/C24H30N2O5S/c1-5-11-25(18-14(2)7-6-8-15(18)3)21(29)19-24-10-9-23(4,32-24)17(22(30)31)16(24)20(28)26(19)12-13-27/h5-8,16-17,19,27H,1,9-13H2,2-4H3,(H,30,31)/t16-,17+,19?,23-,24?/m0/s1. The van der Waals surface area contributed by atoms with Gasteiger partial charge in [0.2, 0.25) is 5.91 Å². The number of β-amino-alcohol motifs (C(OH)–C–C–N with tert-alkyl or cyclic N) is 1. The third kappa shape index (κ3) is 3.03. The minimum absolute atomic E-state index is 0.00574. The molecule has 0 saturated carbocycles. The van der Waals surface area contributed by atoms with E-state index in [0.29, 0.717) is 12.8 Å². The second-order valence-corrected chi connectivity index (χ2v) is 11.2. The van der Waals surface area contributed by atoms with E-state index in [1.165, 1.54) is 16.7 Å². The number of aliphatic carboxylic acids is 1. The van der Waals surface area contributed by atoms with Gasteiger partial charge in [0.1, 0.15) is 6.04 Å². The van der Waals surface area contributed by atoms with E-state index in [4.69, 9.17) is 0 Å². The maximum absolute atomic E-state index is 14.2. The Labute approximate surface area is 192 Å². The first kappa shape index (κ1) is 22.9. The maximum Gasteiger partial charge on any atom is 0.308 e. The molecule has 3 heterocycles. The first-order valence-electron chi connectivity index (χ1n) is 11.0. The lowest BCUT2D eigenvalue weighted by molar-refractivity contribution is -0.150. The Bertz CT molecular complexity index is 976. The lowest BCUT2D eigenvalue weighted by Crippen LogP contribution is -2.55. The molecule has 3 aliphatic heterocycles. The van der Waals surface area contributed by atoms with Crippen LogP contribution in [0.4, 0.5) is 5.69 Å². The van der Waals surface area contributed by atoms with Crippen LogP contribution in [0.1, 0.15) is 30.9 Å². The number of anilines is 1. The van der Waals surface area contributed by atoms with Gasteiger partial charge in [0.25, 0.3) is 5.91 Å². The third-order valence-electron chi connectivity index (χ3n) is 7.40. The SMILES string of the molecule is C=CCN(C(=O)C1N(CCO)C(=O)[C@@H]2[C@H](C(=O)O)[C@]3(C)CCC12S3)c1c(C)cccc1C. The Morgan fingerprint density at radius 2 is 1.97 bits per heavy atom. The molecule has 2 amide bonds. The molecule has 1 aromatic rings. The van der Waals surface area contributed by atoms with E-state index in [9.17, 15) is 24.6 Å². The van der Waals surface area contributed by atoms with Crippen LogP contribution in [0.25, 0.3) is 0 Å². The summed E-state index contributed by atoms with van der Waals surface area (Å²) in [6, 6.07) is 4.98. The molecule has 3 saturated heterocycles. The summed E-state index contributed by atoms with van der Waals surface area (Å²) >= 11 is 1.50. The van der Waals surface area contributed by atoms with Crippen molar-refractivity contribution in [2.45, 2.75) is 49.1 Å². The molecule has 8 heteroatoms. The molecule has 1 aromatic carbocycles. The Kier molecular flexibility index (Phi) is 5.66. The number of para-hydroxylation sites is 1. The number of carbonyl (C=O) groups is 3. The number of carboxylic acids is 1. The highest BCUT2D eigenvalue weighted by Gasteiger charge is 2.77. The van der Waals surface area contributed by atoms with Gasteiger partial charge in [-0.1, -0.05) is 24.3 Å². The second-order valence-electron chi connectivity index (χ2n) is 9.30. The van der Waals surface area contributed by atoms with Crippen LogP contribution in [-0.4, -0.2) is 68.1 Å². The van der Waals surface area contributed by atoms with Crippen molar-refractivity contribution >= 4 is 35.2 Å². The van der Waals surface area contributed by atoms with Crippen molar-refractivity contribution < 1.29 is 24.6 Å². The molecule has 32 heavy (non-hydrogen) atoms. The van der Waals surface area contributed by atoms with Gasteiger partial charge in [0.15, 0.2) is 0 Å². The molecule has 3 fully saturated rings. The molecule has 4 rings (SSSR count). The van der Waals surface area contributed by atoms with Crippen LogP contribution >= 0.6 is 11.8 Å². The molecule has 0 aliphatic carbocycles. The van der Waals surface area contributed by atoms with Crippen LogP contribution in [0, 0.1) is 25.7 Å². The van der Waals surface area contributed by atoms with Crippen LogP contribution < -0.4 is 4.90 Å². The number of nitrogens with zero attached hydrogens (tertiary/aromatic N) is 2. The quantitative estimate of drug-likeness (QED) is 0.609. The summed E-state index contributed by atoms with van der Waals surface area (Å²) in [6.07, 6.45) is 2.90. The average molecular weight is 459 g/mol. The number of fused-ring (bicyclic) bond motifs is 1. The van der Waals surface area contributed by atoms with Crippen molar-refractivity contribution in [1.82, 2.24) is 4.90 Å². The number of thioether (sulfide) groups is 1. The van der Waals surface area contributed by atoms with Crippen LogP contribution in [0.3, 0.4) is 0 Å². The Morgan fingerprint density at radius 1 is 1.31 bits per heavy atom. The van der Waals surface area contributed by atoms with E-state index in [0.717, 1.165) is 16.8 Å². The van der Waals surface area contributed by atoms with Crippen molar-refractivity contribution in [1.29, 1.82) is 0 Å². The third-order valence-corrected chi connectivity index (χ3v) is 9.39. The summed E-state index contributed by atoms with van der Waals surface area (Å²) in [5, 5.41) is 19.7. The largest absolute Gasteiger partial charge is 0.481 e. The molecule has 0 aromatic heterocycles. The van der Waals surface area contributed by atoms with Crippen LogP contribution in [0.5, 0.6) is 0 Å². The number of amides is 2. The van der Waals surface area contributed by atoms with E-state index in [1.54, 1.807) is 11.0 Å². The topological polar surface area (TPSA) is 98.2 Å². The van der Waals surface area contributed by atoms with E-state index in [2.05, 4.69) is 6.58 Å². The number of aryl methyl sites for hydroxylation is 2. The normalized spacial score (nSPS) is 32.8. The first-order valence-corrected chi connectivity index (χ1v) is 11.8. The minimum Gasteiger partial charge on any atom is -0.481 e. The smallest absolute Gasteiger partial charge is 0.308 e. The van der Waals surface area contributed by atoms with Crippen molar-refractivity contribution in [3.8, 4) is 0 Å². The van der Waals surface area contributed by atoms with Gasteiger partial charge in [-0.25, -0.2) is 0 Å². The maximum atomic E-state index is 14.2. The highest BCUT2D eigenvalue weighted by Crippen LogP contribution is 2.71. The van der Waals surface area contributed by atoms with Gasteiger partial charge in [0.05, 0.1) is 23.2 Å². The number of carboxylic acid groups (broad SMARTS) is 1. The molecule has 2 bridgehead atoms. The fraction of sp³-hybridized carbons (Fsp3) is 0.542. The number of likely N-dealkylation sites (tertiary alicyclic amines) is 1. The first-order chi connectivity index (χ1) is 15.1. The lowest BCUT2D eigenvalue weighted by Gasteiger charge is -2.37. The summed E-state index contributed by atoms with van der Waals surface area (Å²) in [5.74, 6) is -3.18. The van der Waals surface area contributed by atoms with Gasteiger partial charge in [-0.3, -0.25) is 14.4 Å². The second kappa shape index (κ2) is 7.92. The van der Waals surface area contributed by atoms with Gasteiger partial charge >= 0.3 is 5.97 Å². The fourth-order valence-electron chi connectivity index (χ4n) is 6.23. The average Bonchev–Trinajstić information content (AvgIpc) is 3.28. The van der Waals surface area contributed by atoms with E-state index < -0.39 is 33.3 Å². The van der Waals surface area contributed by atoms with Gasteiger partial charge in [-0.15, -0.1) is 18.3 Å². The van der Waals surface area contributed by atoms with E-state index in [1.807, 2.05) is 39.0 Å². The van der Waals surface area contributed by atoms with Crippen molar-refractivity contribution in [2.24, 2.45) is 11.8 Å². The van der Waals surface area contributed by atoms with Crippen molar-refractivity contribution in [2.75, 3.05) is 24.6 Å². The van der Waals surface area contributed by atoms with E-state index >= 15 is 0 Å². The zero-order valence-corrected chi connectivity index (χ0v) is 19.5. The number of hydrogen-bond acceptors (Lipinski definition) is 5. The van der Waals surface area contributed by atoms with Gasteiger partial charge < -0.3 is 20.0 Å². The summed E-state index contributed by atoms with van der Waals surface area (Å²) in [5.41, 5.74) is 2.66. The van der Waals surface area contributed by atoms with Crippen LogP contribution in [-0.2, 0) is 14.4 Å². The number of aliphatic hydroxyl groups excluding tert-OH is 1. The Hall–Kier alpha value is -2.32. The highest BCUT2D eigenvalue weighted by atomic mass is 32.2. The summed E-state index contributed by atoms with van der Waals surface area (Å²) in [7, 11) is 0. The summed E-state index contributed by atoms with van der Waals surface area (Å²) < 4.78 is -1.39. The molecule has 2 unspecified atom stereocenters. The molecule has 1 spiro atoms. The molecule has 7 nitrogen and oxygen atoms in total. The Morgan fingerprint density at radius 3 is 2.53 bits per heavy atom. The number of benzene rings is 1. The Balaban J connectivity index is 1.84. The number of hydrogen-bond donors (Lipinski definition) is 2. The van der Waals surface area contributed by atoms with Crippen LogP contribution in [0.2, 0.25) is 0 Å². The minimum atomic E-state index is -0.991. The number of carbonyl (C=O) groups excluding carboxylic acids is 2. The van der Waals surface area contributed by atoms with Crippen molar-refractivity contribution in [3.05, 3.63) is 42.0 Å². The fourth-order valence-corrected chi connectivity index (χ4v) is 8.57. The summed E-state index contributed by atoms with van der Waals surface area (Å²) in [4.78, 5) is 43.1. The molecule has 3 aliphatic rings. The number of rotatable bonds is 7. The van der Waals surface area contributed by atoms with Gasteiger partial charge in [-0.05, 0) is 44.7 Å². The van der Waals surface area contributed by atoms with Crippen LogP contribution in [0.15, 0.2) is 30.9 Å². The molecule has 0 radical (unpaired) electrons. The summed E-state index contributed by atoms with van der Waals surface area (Å²) in [6.45, 7) is 9.60. The molecule has 172 valence electrons. The van der Waals surface area contributed by atoms with E-state index in [-0.39, 0.29) is 31.5 Å². The van der Waals surface area contributed by atoms with Crippen molar-refractivity contribution in [3.63, 3.8) is 0 Å².